The van der Waals surface area contributed by atoms with Gasteiger partial charge in [-0.3, -0.25) is 10.1 Å². The summed E-state index contributed by atoms with van der Waals surface area (Å²) in [5.74, 6) is 1.99. The van der Waals surface area contributed by atoms with E-state index >= 15 is 0 Å². The maximum Gasteiger partial charge on any atom is 0.276 e. The summed E-state index contributed by atoms with van der Waals surface area (Å²) < 4.78 is 5.45. The quantitative estimate of drug-likeness (QED) is 0.489. The summed E-state index contributed by atoms with van der Waals surface area (Å²) in [7, 11) is 1.76. The highest BCUT2D eigenvalue weighted by Gasteiger charge is 2.14. The normalized spacial score (nSPS) is 10.5. The first-order chi connectivity index (χ1) is 8.95. The van der Waals surface area contributed by atoms with Gasteiger partial charge in [-0.15, -0.1) is 0 Å². The SMILES string of the molecule is Cc1ccc(CN(C)c2cc([N+](=O)[O-])cc(Cl)n2)o1. The lowest BCUT2D eigenvalue weighted by molar-refractivity contribution is -0.384. The van der Waals surface area contributed by atoms with Crippen molar-refractivity contribution < 1.29 is 9.34 Å². The Morgan fingerprint density at radius 1 is 1.47 bits per heavy atom. The molecular formula is C12H12ClN3O3. The Morgan fingerprint density at radius 2 is 2.21 bits per heavy atom. The van der Waals surface area contributed by atoms with E-state index in [9.17, 15) is 10.1 Å². The molecule has 100 valence electrons. The molecule has 2 rings (SSSR count). The highest BCUT2D eigenvalue weighted by Crippen LogP contribution is 2.23. The molecule has 0 spiro atoms. The highest BCUT2D eigenvalue weighted by molar-refractivity contribution is 6.29. The van der Waals surface area contributed by atoms with Crippen LogP contribution in [0, 0.1) is 17.0 Å². The first-order valence-electron chi connectivity index (χ1n) is 5.54. The van der Waals surface area contributed by atoms with Gasteiger partial charge in [0.2, 0.25) is 0 Å². The molecule has 0 aliphatic carbocycles. The largest absolute Gasteiger partial charge is 0.464 e. The van der Waals surface area contributed by atoms with Crippen LogP contribution in [0.3, 0.4) is 0 Å². The Bertz CT molecular complexity index is 612. The van der Waals surface area contributed by atoms with Crippen molar-refractivity contribution in [2.75, 3.05) is 11.9 Å². The third kappa shape index (κ3) is 3.23. The van der Waals surface area contributed by atoms with Gasteiger partial charge >= 0.3 is 0 Å². The molecule has 2 heterocycles. The number of aromatic nitrogens is 1. The second-order valence-corrected chi connectivity index (χ2v) is 4.52. The number of hydrogen-bond acceptors (Lipinski definition) is 5. The standard InChI is InChI=1S/C12H12ClN3O3/c1-8-3-4-10(19-8)7-15(2)12-6-9(16(17)18)5-11(13)14-12/h3-6H,7H2,1-2H3. The molecule has 0 N–H and O–H groups in total. The average molecular weight is 282 g/mol. The van der Waals surface area contributed by atoms with Crippen LogP contribution in [-0.4, -0.2) is 17.0 Å². The second kappa shape index (κ2) is 5.27. The van der Waals surface area contributed by atoms with Gasteiger partial charge in [0, 0.05) is 7.05 Å². The molecule has 0 saturated heterocycles. The van der Waals surface area contributed by atoms with Gasteiger partial charge < -0.3 is 9.32 Å². The minimum atomic E-state index is -0.498. The van der Waals surface area contributed by atoms with Crippen molar-refractivity contribution in [3.05, 3.63) is 51.1 Å². The zero-order chi connectivity index (χ0) is 14.0. The molecule has 0 aliphatic heterocycles. The summed E-state index contributed by atoms with van der Waals surface area (Å²) >= 11 is 5.78. The molecule has 0 aromatic carbocycles. The van der Waals surface area contributed by atoms with Crippen LogP contribution in [0.1, 0.15) is 11.5 Å². The Balaban J connectivity index is 2.23. The predicted octanol–water partition coefficient (Wildman–Crippen LogP) is 3.18. The van der Waals surface area contributed by atoms with Crippen molar-refractivity contribution in [2.24, 2.45) is 0 Å². The van der Waals surface area contributed by atoms with Crippen molar-refractivity contribution >= 4 is 23.1 Å². The van der Waals surface area contributed by atoms with Crippen LogP contribution in [0.4, 0.5) is 11.5 Å². The lowest BCUT2D eigenvalue weighted by Gasteiger charge is -2.16. The van der Waals surface area contributed by atoms with Crippen LogP contribution in [0.5, 0.6) is 0 Å². The fourth-order valence-electron chi connectivity index (χ4n) is 1.66. The average Bonchev–Trinajstić information content (AvgIpc) is 2.73. The van der Waals surface area contributed by atoms with E-state index < -0.39 is 4.92 Å². The zero-order valence-electron chi connectivity index (χ0n) is 10.5. The van der Waals surface area contributed by atoms with Gasteiger partial charge in [0.15, 0.2) is 0 Å². The molecule has 2 aromatic heterocycles. The van der Waals surface area contributed by atoms with Gasteiger partial charge in [0.1, 0.15) is 22.5 Å². The minimum absolute atomic E-state index is 0.0857. The molecular weight excluding hydrogens is 270 g/mol. The second-order valence-electron chi connectivity index (χ2n) is 4.13. The van der Waals surface area contributed by atoms with E-state index in [0.717, 1.165) is 11.5 Å². The number of aryl methyl sites for hydroxylation is 1. The third-order valence-corrected chi connectivity index (χ3v) is 2.75. The molecule has 6 nitrogen and oxygen atoms in total. The van der Waals surface area contributed by atoms with Crippen molar-refractivity contribution in [3.63, 3.8) is 0 Å². The summed E-state index contributed by atoms with van der Waals surface area (Å²) in [6.07, 6.45) is 0. The topological polar surface area (TPSA) is 72.4 Å². The monoisotopic (exact) mass is 281 g/mol. The van der Waals surface area contributed by atoms with Crippen LogP contribution in [0.2, 0.25) is 5.15 Å². The molecule has 7 heteroatoms. The Hall–Kier alpha value is -2.08. The van der Waals surface area contributed by atoms with Crippen LogP contribution in [0.25, 0.3) is 0 Å². The van der Waals surface area contributed by atoms with Gasteiger partial charge in [-0.2, -0.15) is 0 Å². The van der Waals surface area contributed by atoms with Crippen molar-refractivity contribution in [2.45, 2.75) is 13.5 Å². The number of rotatable bonds is 4. The summed E-state index contributed by atoms with van der Waals surface area (Å²) in [5, 5.41) is 10.9. The van der Waals surface area contributed by atoms with E-state index in [-0.39, 0.29) is 10.8 Å². The van der Waals surface area contributed by atoms with E-state index in [1.165, 1.54) is 12.1 Å². The first-order valence-corrected chi connectivity index (χ1v) is 5.92. The Kier molecular flexibility index (Phi) is 3.71. The van der Waals surface area contributed by atoms with E-state index in [1.807, 2.05) is 19.1 Å². The van der Waals surface area contributed by atoms with E-state index in [0.29, 0.717) is 12.4 Å². The smallest absolute Gasteiger partial charge is 0.276 e. The van der Waals surface area contributed by atoms with E-state index in [1.54, 1.807) is 11.9 Å². The van der Waals surface area contributed by atoms with Crippen molar-refractivity contribution in [3.8, 4) is 0 Å². The van der Waals surface area contributed by atoms with E-state index in [4.69, 9.17) is 16.0 Å². The lowest BCUT2D eigenvalue weighted by Crippen LogP contribution is -2.17. The summed E-state index contributed by atoms with van der Waals surface area (Å²) in [6.45, 7) is 2.31. The fraction of sp³-hybridized carbons (Fsp3) is 0.250. The van der Waals surface area contributed by atoms with Crippen LogP contribution >= 0.6 is 11.6 Å². The fourth-order valence-corrected chi connectivity index (χ4v) is 1.85. The molecule has 0 aliphatic rings. The van der Waals surface area contributed by atoms with Gasteiger partial charge in [0.05, 0.1) is 23.6 Å². The lowest BCUT2D eigenvalue weighted by atomic mass is 10.3. The number of nitro groups is 1. The summed E-state index contributed by atoms with van der Waals surface area (Å²) in [5.41, 5.74) is -0.0857. The molecule has 19 heavy (non-hydrogen) atoms. The third-order valence-electron chi connectivity index (χ3n) is 2.56. The van der Waals surface area contributed by atoms with Gasteiger partial charge in [-0.25, -0.2) is 4.98 Å². The van der Waals surface area contributed by atoms with Crippen LogP contribution < -0.4 is 4.90 Å². The first kappa shape index (κ1) is 13.4. The number of anilines is 1. The summed E-state index contributed by atoms with van der Waals surface area (Å²) in [4.78, 5) is 16.1. The zero-order valence-corrected chi connectivity index (χ0v) is 11.2. The van der Waals surface area contributed by atoms with Crippen molar-refractivity contribution in [1.29, 1.82) is 0 Å². The highest BCUT2D eigenvalue weighted by atomic mass is 35.5. The maximum atomic E-state index is 10.8. The number of halogens is 1. The number of pyridine rings is 1. The Morgan fingerprint density at radius 3 is 2.79 bits per heavy atom. The minimum Gasteiger partial charge on any atom is -0.464 e. The number of nitrogens with zero attached hydrogens (tertiary/aromatic N) is 3. The summed E-state index contributed by atoms with van der Waals surface area (Å²) in [6, 6.07) is 6.30. The maximum absolute atomic E-state index is 10.8. The van der Waals surface area contributed by atoms with Crippen LogP contribution in [-0.2, 0) is 6.54 Å². The molecule has 2 aromatic rings. The van der Waals surface area contributed by atoms with E-state index in [2.05, 4.69) is 4.98 Å². The van der Waals surface area contributed by atoms with Gasteiger partial charge in [-0.1, -0.05) is 11.6 Å². The molecule has 0 amide bonds. The van der Waals surface area contributed by atoms with Crippen LogP contribution in [0.15, 0.2) is 28.7 Å². The molecule has 0 fully saturated rings. The Labute approximate surface area is 114 Å². The number of furan rings is 1. The van der Waals surface area contributed by atoms with Gasteiger partial charge in [-0.05, 0) is 19.1 Å². The molecule has 0 saturated carbocycles. The molecule has 0 unspecified atom stereocenters. The number of hydrogen-bond donors (Lipinski definition) is 0. The molecule has 0 bridgehead atoms. The molecule has 0 atom stereocenters. The predicted molar refractivity (Wildman–Crippen MR) is 71.5 cm³/mol. The van der Waals surface area contributed by atoms with Crippen molar-refractivity contribution in [1.82, 2.24) is 4.98 Å². The molecule has 0 radical (unpaired) electrons. The van der Waals surface area contributed by atoms with Gasteiger partial charge in [0.25, 0.3) is 5.69 Å².